The number of nitrogens with zero attached hydrogens (tertiary/aromatic N) is 2. The smallest absolute Gasteiger partial charge is 0.148 e. The number of hydrogen-bond donors (Lipinski definition) is 3. The molecule has 16 heavy (non-hydrogen) atoms. The van der Waals surface area contributed by atoms with Gasteiger partial charge in [0.15, 0.2) is 0 Å². The zero-order valence-corrected chi connectivity index (χ0v) is 9.66. The molecule has 1 heterocycles. The highest BCUT2D eigenvalue weighted by atomic mass is 15.3. The molecule has 4 N–H and O–H groups in total. The highest BCUT2D eigenvalue weighted by molar-refractivity contribution is 5.56. The Morgan fingerprint density at radius 3 is 2.75 bits per heavy atom. The predicted octanol–water partition coefficient (Wildman–Crippen LogP) is 1.54. The van der Waals surface area contributed by atoms with Gasteiger partial charge in [-0.1, -0.05) is 13.3 Å². The van der Waals surface area contributed by atoms with Crippen LogP contribution in [0.2, 0.25) is 0 Å². The van der Waals surface area contributed by atoms with E-state index in [9.17, 15) is 0 Å². The normalized spacial score (nSPS) is 14.9. The summed E-state index contributed by atoms with van der Waals surface area (Å²) in [4.78, 5) is 8.42. The quantitative estimate of drug-likeness (QED) is 0.502. The molecular weight excluding hydrogens is 202 g/mol. The summed E-state index contributed by atoms with van der Waals surface area (Å²) in [6, 6.07) is 0. The third-order valence-corrected chi connectivity index (χ3v) is 2.84. The van der Waals surface area contributed by atoms with Gasteiger partial charge in [0.2, 0.25) is 0 Å². The zero-order chi connectivity index (χ0) is 11.4. The molecule has 0 amide bonds. The van der Waals surface area contributed by atoms with Crippen molar-refractivity contribution in [1.29, 1.82) is 0 Å². The molecule has 0 spiro atoms. The molecule has 1 fully saturated rings. The van der Waals surface area contributed by atoms with Crippen molar-refractivity contribution in [2.24, 2.45) is 11.8 Å². The second-order valence-electron chi connectivity index (χ2n) is 4.27. The second-order valence-corrected chi connectivity index (χ2v) is 4.27. The van der Waals surface area contributed by atoms with E-state index in [0.29, 0.717) is 0 Å². The highest BCUT2D eigenvalue weighted by Gasteiger charge is 2.21. The van der Waals surface area contributed by atoms with Crippen molar-refractivity contribution in [2.45, 2.75) is 32.6 Å². The largest absolute Gasteiger partial charge is 0.369 e. The minimum Gasteiger partial charge on any atom is -0.369 e. The molecule has 0 unspecified atom stereocenters. The van der Waals surface area contributed by atoms with Crippen LogP contribution in [0.25, 0.3) is 0 Å². The van der Waals surface area contributed by atoms with Gasteiger partial charge in [-0.2, -0.15) is 0 Å². The number of nitrogens with one attached hydrogen (secondary N) is 2. The number of nitrogens with two attached hydrogens (primary N) is 1. The summed E-state index contributed by atoms with van der Waals surface area (Å²) in [5, 5.41) is 3.39. The first-order valence-electron chi connectivity index (χ1n) is 5.89. The SMILES string of the molecule is CCCc1c(NN)ncnc1NCC1CC1. The summed E-state index contributed by atoms with van der Waals surface area (Å²) in [6.07, 6.45) is 6.21. The summed E-state index contributed by atoms with van der Waals surface area (Å²) < 4.78 is 0. The van der Waals surface area contributed by atoms with Gasteiger partial charge in [0.05, 0.1) is 0 Å². The minimum atomic E-state index is 0.732. The lowest BCUT2D eigenvalue weighted by atomic mass is 10.1. The molecule has 5 heteroatoms. The topological polar surface area (TPSA) is 75.9 Å². The van der Waals surface area contributed by atoms with E-state index in [1.54, 1.807) is 6.33 Å². The van der Waals surface area contributed by atoms with Crippen LogP contribution < -0.4 is 16.6 Å². The van der Waals surface area contributed by atoms with Crippen LogP contribution in [0.5, 0.6) is 0 Å². The van der Waals surface area contributed by atoms with Gasteiger partial charge in [-0.05, 0) is 25.2 Å². The van der Waals surface area contributed by atoms with Crippen LogP contribution in [0, 0.1) is 5.92 Å². The highest BCUT2D eigenvalue weighted by Crippen LogP contribution is 2.29. The molecular formula is C11H19N5. The molecule has 2 rings (SSSR count). The van der Waals surface area contributed by atoms with E-state index in [4.69, 9.17) is 5.84 Å². The van der Waals surface area contributed by atoms with Gasteiger partial charge in [0.1, 0.15) is 18.0 Å². The van der Waals surface area contributed by atoms with E-state index in [-0.39, 0.29) is 0 Å². The first-order valence-corrected chi connectivity index (χ1v) is 5.89. The fourth-order valence-corrected chi connectivity index (χ4v) is 1.74. The van der Waals surface area contributed by atoms with Crippen LogP contribution in [0.15, 0.2) is 6.33 Å². The van der Waals surface area contributed by atoms with Crippen LogP contribution in [0.3, 0.4) is 0 Å². The first kappa shape index (κ1) is 11.1. The summed E-state index contributed by atoms with van der Waals surface area (Å²) >= 11 is 0. The molecule has 5 nitrogen and oxygen atoms in total. The van der Waals surface area contributed by atoms with Crippen molar-refractivity contribution < 1.29 is 0 Å². The predicted molar refractivity (Wildman–Crippen MR) is 65.1 cm³/mol. The summed E-state index contributed by atoms with van der Waals surface area (Å²) in [5.74, 6) is 7.94. The minimum absolute atomic E-state index is 0.732. The van der Waals surface area contributed by atoms with Crippen molar-refractivity contribution in [3.8, 4) is 0 Å². The third-order valence-electron chi connectivity index (χ3n) is 2.84. The van der Waals surface area contributed by atoms with Gasteiger partial charge >= 0.3 is 0 Å². The van der Waals surface area contributed by atoms with Crippen LogP contribution in [-0.4, -0.2) is 16.5 Å². The van der Waals surface area contributed by atoms with Crippen molar-refractivity contribution >= 4 is 11.6 Å². The maximum absolute atomic E-state index is 5.45. The molecule has 1 saturated carbocycles. The van der Waals surface area contributed by atoms with Crippen LogP contribution in [0.4, 0.5) is 11.6 Å². The molecule has 0 aliphatic heterocycles. The van der Waals surface area contributed by atoms with E-state index >= 15 is 0 Å². The van der Waals surface area contributed by atoms with E-state index in [2.05, 4.69) is 27.6 Å². The lowest BCUT2D eigenvalue weighted by molar-refractivity contribution is 0.859. The van der Waals surface area contributed by atoms with E-state index in [1.807, 2.05) is 0 Å². The number of hydrogen-bond acceptors (Lipinski definition) is 5. The molecule has 1 aromatic rings. The monoisotopic (exact) mass is 221 g/mol. The summed E-state index contributed by atoms with van der Waals surface area (Å²) in [5.41, 5.74) is 3.72. The van der Waals surface area contributed by atoms with Crippen molar-refractivity contribution in [3.63, 3.8) is 0 Å². The summed E-state index contributed by atoms with van der Waals surface area (Å²) in [6.45, 7) is 3.15. The van der Waals surface area contributed by atoms with Gasteiger partial charge in [0, 0.05) is 12.1 Å². The maximum atomic E-state index is 5.45. The summed E-state index contributed by atoms with van der Waals surface area (Å²) in [7, 11) is 0. The molecule has 1 aliphatic carbocycles. The van der Waals surface area contributed by atoms with Crippen molar-refractivity contribution in [3.05, 3.63) is 11.9 Å². The average Bonchev–Trinajstić information content (AvgIpc) is 3.12. The van der Waals surface area contributed by atoms with Gasteiger partial charge in [-0.15, -0.1) is 0 Å². The Kier molecular flexibility index (Phi) is 3.56. The van der Waals surface area contributed by atoms with E-state index in [1.165, 1.54) is 12.8 Å². The van der Waals surface area contributed by atoms with Crippen molar-refractivity contribution in [2.75, 3.05) is 17.3 Å². The fourth-order valence-electron chi connectivity index (χ4n) is 1.74. The van der Waals surface area contributed by atoms with Crippen LogP contribution in [0.1, 0.15) is 31.7 Å². The maximum Gasteiger partial charge on any atom is 0.148 e. The van der Waals surface area contributed by atoms with Crippen LogP contribution >= 0.6 is 0 Å². The molecule has 0 atom stereocenters. The molecule has 0 saturated heterocycles. The second kappa shape index (κ2) is 5.12. The first-order chi connectivity index (χ1) is 7.85. The molecule has 0 radical (unpaired) electrons. The van der Waals surface area contributed by atoms with Gasteiger partial charge in [0.25, 0.3) is 0 Å². The molecule has 1 aromatic heterocycles. The average molecular weight is 221 g/mol. The number of hydrazine groups is 1. The Labute approximate surface area is 95.8 Å². The number of anilines is 2. The zero-order valence-electron chi connectivity index (χ0n) is 9.66. The molecule has 0 bridgehead atoms. The van der Waals surface area contributed by atoms with Crippen LogP contribution in [-0.2, 0) is 6.42 Å². The molecule has 1 aliphatic rings. The molecule has 88 valence electrons. The van der Waals surface area contributed by atoms with Crippen molar-refractivity contribution in [1.82, 2.24) is 9.97 Å². The van der Waals surface area contributed by atoms with Gasteiger partial charge < -0.3 is 10.7 Å². The lowest BCUT2D eigenvalue weighted by Crippen LogP contribution is -2.15. The standard InChI is InChI=1S/C11H19N5/c1-2-3-9-10(13-6-8-4-5-8)14-7-15-11(9)16-12/h7-8H,2-6,12H2,1H3,(H2,13,14,15,16). The number of rotatable bonds is 6. The number of nitrogen functional groups attached to an aromatic ring is 1. The van der Waals surface area contributed by atoms with E-state index in [0.717, 1.165) is 42.5 Å². The Balaban J connectivity index is 2.12. The Morgan fingerprint density at radius 1 is 1.38 bits per heavy atom. The molecule has 0 aromatic carbocycles. The lowest BCUT2D eigenvalue weighted by Gasteiger charge is -2.12. The Hall–Kier alpha value is -1.36. The van der Waals surface area contributed by atoms with Gasteiger partial charge in [-0.25, -0.2) is 15.8 Å². The Morgan fingerprint density at radius 2 is 2.12 bits per heavy atom. The van der Waals surface area contributed by atoms with E-state index < -0.39 is 0 Å². The Bertz CT molecular complexity index is 348. The number of aromatic nitrogens is 2. The fraction of sp³-hybridized carbons (Fsp3) is 0.636. The van der Waals surface area contributed by atoms with Gasteiger partial charge in [-0.3, -0.25) is 0 Å². The third kappa shape index (κ3) is 2.61.